The second-order valence-corrected chi connectivity index (χ2v) is 3.71. The van der Waals surface area contributed by atoms with Crippen LogP contribution in [0.1, 0.15) is 5.56 Å². The molecule has 0 unspecified atom stereocenters. The summed E-state index contributed by atoms with van der Waals surface area (Å²) in [5.74, 6) is 5.70. The van der Waals surface area contributed by atoms with Gasteiger partial charge in [0.1, 0.15) is 12.0 Å². The van der Waals surface area contributed by atoms with Gasteiger partial charge in [0.15, 0.2) is 0 Å². The van der Waals surface area contributed by atoms with Crippen LogP contribution in [-0.4, -0.2) is 11.5 Å². The number of rotatable bonds is 1. The SMILES string of the molecule is NN1NC=NC=C1c1ccc(Br)cc1. The maximum Gasteiger partial charge on any atom is 0.108 e. The van der Waals surface area contributed by atoms with Gasteiger partial charge in [0.25, 0.3) is 0 Å². The first-order valence-corrected chi connectivity index (χ1v) is 4.85. The van der Waals surface area contributed by atoms with Gasteiger partial charge in [-0.05, 0) is 12.1 Å². The van der Waals surface area contributed by atoms with Crippen LogP contribution in [0.2, 0.25) is 0 Å². The van der Waals surface area contributed by atoms with Gasteiger partial charge in [-0.3, -0.25) is 5.43 Å². The van der Waals surface area contributed by atoms with Crippen molar-refractivity contribution in [2.75, 3.05) is 0 Å². The fraction of sp³-hybridized carbons (Fsp3) is 0. The quantitative estimate of drug-likeness (QED) is 0.745. The highest BCUT2D eigenvalue weighted by Crippen LogP contribution is 2.19. The van der Waals surface area contributed by atoms with E-state index in [1.165, 1.54) is 11.5 Å². The third kappa shape index (κ3) is 1.78. The van der Waals surface area contributed by atoms with Crippen molar-refractivity contribution in [1.82, 2.24) is 10.5 Å². The van der Waals surface area contributed by atoms with E-state index in [0.717, 1.165) is 15.7 Å². The van der Waals surface area contributed by atoms with Crippen molar-refractivity contribution in [3.8, 4) is 0 Å². The molecule has 1 heterocycles. The molecule has 3 N–H and O–H groups in total. The molecule has 0 atom stereocenters. The van der Waals surface area contributed by atoms with Gasteiger partial charge in [-0.25, -0.2) is 16.0 Å². The third-order valence-electron chi connectivity index (χ3n) is 1.87. The average Bonchev–Trinajstić information content (AvgIpc) is 2.20. The number of nitrogens with two attached hydrogens (primary N) is 1. The minimum atomic E-state index is 0.833. The van der Waals surface area contributed by atoms with Gasteiger partial charge in [-0.1, -0.05) is 28.1 Å². The van der Waals surface area contributed by atoms with Crippen LogP contribution in [0.25, 0.3) is 5.70 Å². The van der Waals surface area contributed by atoms with Gasteiger partial charge < -0.3 is 0 Å². The first-order chi connectivity index (χ1) is 6.77. The Bertz CT molecular complexity index is 382. The number of nitrogens with zero attached hydrogens (tertiary/aromatic N) is 2. The minimum absolute atomic E-state index is 0.833. The summed E-state index contributed by atoms with van der Waals surface area (Å²) in [6.07, 6.45) is 3.24. The Labute approximate surface area is 90.2 Å². The number of nitrogens with one attached hydrogen (secondary N) is 1. The van der Waals surface area contributed by atoms with Crippen LogP contribution >= 0.6 is 15.9 Å². The molecule has 0 spiro atoms. The van der Waals surface area contributed by atoms with Crippen molar-refractivity contribution in [2.45, 2.75) is 0 Å². The van der Waals surface area contributed by atoms with Crippen LogP contribution < -0.4 is 11.3 Å². The van der Waals surface area contributed by atoms with Crippen LogP contribution in [0.3, 0.4) is 0 Å². The molecule has 0 radical (unpaired) electrons. The van der Waals surface area contributed by atoms with Crippen LogP contribution in [0.15, 0.2) is 39.9 Å². The first kappa shape index (κ1) is 9.23. The van der Waals surface area contributed by atoms with Gasteiger partial charge in [-0.2, -0.15) is 0 Å². The summed E-state index contributed by atoms with van der Waals surface area (Å²) in [5, 5.41) is 1.43. The Hall–Kier alpha value is -1.33. The Morgan fingerprint density at radius 1 is 1.29 bits per heavy atom. The molecule has 5 heteroatoms. The Morgan fingerprint density at radius 3 is 2.64 bits per heavy atom. The lowest BCUT2D eigenvalue weighted by atomic mass is 10.2. The van der Waals surface area contributed by atoms with Crippen molar-refractivity contribution < 1.29 is 0 Å². The van der Waals surface area contributed by atoms with Gasteiger partial charge in [0, 0.05) is 10.0 Å². The molecule has 1 aliphatic rings. The molecule has 1 aromatic rings. The minimum Gasteiger partial charge on any atom is -0.273 e. The van der Waals surface area contributed by atoms with Crippen LogP contribution in [0.5, 0.6) is 0 Å². The normalized spacial score (nSPS) is 15.0. The number of hydrogen-bond acceptors (Lipinski definition) is 4. The summed E-state index contributed by atoms with van der Waals surface area (Å²) in [7, 11) is 0. The lowest BCUT2D eigenvalue weighted by Crippen LogP contribution is -2.42. The van der Waals surface area contributed by atoms with E-state index in [-0.39, 0.29) is 0 Å². The Kier molecular flexibility index (Phi) is 2.51. The van der Waals surface area contributed by atoms with Gasteiger partial charge >= 0.3 is 0 Å². The molecule has 1 aromatic carbocycles. The summed E-state index contributed by atoms with van der Waals surface area (Å²) in [5.41, 5.74) is 4.63. The summed E-state index contributed by atoms with van der Waals surface area (Å²) in [4.78, 5) is 3.98. The number of aliphatic imine (C=N–C) groups is 1. The molecule has 2 rings (SSSR count). The number of hydrogen-bond donors (Lipinski definition) is 2. The highest BCUT2D eigenvalue weighted by atomic mass is 79.9. The molecule has 4 nitrogen and oxygen atoms in total. The van der Waals surface area contributed by atoms with E-state index in [2.05, 4.69) is 26.3 Å². The molecular formula is C9H9BrN4. The second kappa shape index (κ2) is 3.81. The van der Waals surface area contributed by atoms with Gasteiger partial charge in [0.2, 0.25) is 0 Å². The molecule has 14 heavy (non-hydrogen) atoms. The molecule has 0 saturated carbocycles. The van der Waals surface area contributed by atoms with E-state index in [4.69, 9.17) is 5.84 Å². The van der Waals surface area contributed by atoms with E-state index in [1.807, 2.05) is 24.3 Å². The van der Waals surface area contributed by atoms with Crippen molar-refractivity contribution in [3.63, 3.8) is 0 Å². The first-order valence-electron chi connectivity index (χ1n) is 4.06. The number of halogens is 1. The fourth-order valence-corrected chi connectivity index (χ4v) is 1.43. The molecule has 0 amide bonds. The zero-order chi connectivity index (χ0) is 9.97. The summed E-state index contributed by atoms with van der Waals surface area (Å²) in [6, 6.07) is 7.86. The molecule has 0 saturated heterocycles. The zero-order valence-corrected chi connectivity index (χ0v) is 8.90. The van der Waals surface area contributed by atoms with E-state index < -0.39 is 0 Å². The van der Waals surface area contributed by atoms with Gasteiger partial charge in [0.05, 0.1) is 6.20 Å². The lowest BCUT2D eigenvalue weighted by molar-refractivity contribution is 0.371. The highest BCUT2D eigenvalue weighted by molar-refractivity contribution is 9.10. The number of hydrazine groups is 2. The maximum absolute atomic E-state index is 5.70. The predicted molar refractivity (Wildman–Crippen MR) is 59.8 cm³/mol. The molecule has 72 valence electrons. The van der Waals surface area contributed by atoms with E-state index in [1.54, 1.807) is 6.20 Å². The monoisotopic (exact) mass is 252 g/mol. The summed E-state index contributed by atoms with van der Waals surface area (Å²) < 4.78 is 1.04. The Morgan fingerprint density at radius 2 is 2.00 bits per heavy atom. The molecule has 1 aliphatic heterocycles. The van der Waals surface area contributed by atoms with Crippen LogP contribution in [0.4, 0.5) is 0 Å². The molecule has 0 aliphatic carbocycles. The average molecular weight is 253 g/mol. The topological polar surface area (TPSA) is 53.6 Å². The van der Waals surface area contributed by atoms with E-state index >= 15 is 0 Å². The van der Waals surface area contributed by atoms with Crippen molar-refractivity contribution in [2.24, 2.45) is 10.8 Å². The standard InChI is InChI=1S/C9H9BrN4/c10-8-3-1-7(2-4-8)9-5-12-6-13-14(9)11/h1-6H,11H2,(H,12,13). The number of benzene rings is 1. The molecular weight excluding hydrogens is 244 g/mol. The van der Waals surface area contributed by atoms with Crippen LogP contribution in [-0.2, 0) is 0 Å². The smallest absolute Gasteiger partial charge is 0.108 e. The largest absolute Gasteiger partial charge is 0.273 e. The highest BCUT2D eigenvalue weighted by Gasteiger charge is 2.08. The van der Waals surface area contributed by atoms with Crippen molar-refractivity contribution in [3.05, 3.63) is 40.5 Å². The molecule has 0 bridgehead atoms. The van der Waals surface area contributed by atoms with Crippen molar-refractivity contribution in [1.29, 1.82) is 0 Å². The van der Waals surface area contributed by atoms with Crippen LogP contribution in [0, 0.1) is 0 Å². The third-order valence-corrected chi connectivity index (χ3v) is 2.40. The predicted octanol–water partition coefficient (Wildman–Crippen LogP) is 1.47. The Balaban J connectivity index is 2.34. The second-order valence-electron chi connectivity index (χ2n) is 2.80. The lowest BCUT2D eigenvalue weighted by Gasteiger charge is -2.22. The maximum atomic E-state index is 5.70. The zero-order valence-electron chi connectivity index (χ0n) is 7.31. The molecule has 0 aromatic heterocycles. The van der Waals surface area contributed by atoms with Gasteiger partial charge in [-0.15, -0.1) is 0 Å². The summed E-state index contributed by atoms with van der Waals surface area (Å²) in [6.45, 7) is 0. The molecule has 0 fully saturated rings. The van der Waals surface area contributed by atoms with E-state index in [0.29, 0.717) is 0 Å². The summed E-state index contributed by atoms with van der Waals surface area (Å²) >= 11 is 3.38. The van der Waals surface area contributed by atoms with E-state index in [9.17, 15) is 0 Å². The van der Waals surface area contributed by atoms with Crippen molar-refractivity contribution >= 4 is 28.0 Å². The fourth-order valence-electron chi connectivity index (χ4n) is 1.17.